The van der Waals surface area contributed by atoms with Crippen LogP contribution in [0, 0.1) is 0 Å². The maximum absolute atomic E-state index is 11.0. The van der Waals surface area contributed by atoms with Crippen LogP contribution in [0.25, 0.3) is 0 Å². The first-order valence-electron chi connectivity index (χ1n) is 6.97. The van der Waals surface area contributed by atoms with Gasteiger partial charge in [0.1, 0.15) is 0 Å². The van der Waals surface area contributed by atoms with Crippen LogP contribution in [0.1, 0.15) is 5.56 Å². The maximum Gasteiger partial charge on any atom is 0.314 e. The average Bonchev–Trinajstić information content (AvgIpc) is 2.43. The van der Waals surface area contributed by atoms with E-state index in [0.717, 1.165) is 38.3 Å². The van der Waals surface area contributed by atoms with E-state index in [1.807, 2.05) is 12.1 Å². The van der Waals surface area contributed by atoms with Crippen molar-refractivity contribution in [2.75, 3.05) is 39.3 Å². The highest BCUT2D eigenvalue weighted by Gasteiger charge is 2.18. The number of amides is 2. The Morgan fingerprint density at radius 1 is 1.14 bits per heavy atom. The Morgan fingerprint density at radius 3 is 2.33 bits per heavy atom. The van der Waals surface area contributed by atoms with E-state index in [-0.39, 0.29) is 6.03 Å². The second kappa shape index (κ2) is 7.84. The molecule has 116 valence electrons. The van der Waals surface area contributed by atoms with Crippen LogP contribution >= 0.6 is 23.2 Å². The second-order valence-corrected chi connectivity index (χ2v) is 5.99. The summed E-state index contributed by atoms with van der Waals surface area (Å²) in [6.45, 7) is 5.71. The van der Waals surface area contributed by atoms with Crippen molar-refractivity contribution >= 4 is 29.2 Å². The number of halogens is 2. The summed E-state index contributed by atoms with van der Waals surface area (Å²) in [5, 5.41) is 4.68. The Hall–Kier alpha value is -1.01. The van der Waals surface area contributed by atoms with Gasteiger partial charge in [-0.1, -0.05) is 23.2 Å². The largest absolute Gasteiger partial charge is 0.351 e. The number of rotatable bonds is 5. The summed E-state index contributed by atoms with van der Waals surface area (Å²) in [7, 11) is 0. The number of hydrogen-bond donors (Lipinski definition) is 2. The molecule has 1 heterocycles. The molecule has 5 nitrogen and oxygen atoms in total. The summed E-state index contributed by atoms with van der Waals surface area (Å²) in [5.74, 6) is 0. The van der Waals surface area contributed by atoms with Gasteiger partial charge in [-0.15, -0.1) is 0 Å². The van der Waals surface area contributed by atoms with Gasteiger partial charge in [0.05, 0.1) is 0 Å². The van der Waals surface area contributed by atoms with Gasteiger partial charge in [-0.05, 0) is 23.8 Å². The van der Waals surface area contributed by atoms with Crippen LogP contribution in [0.15, 0.2) is 18.2 Å². The molecule has 1 aliphatic rings. The number of nitrogens with two attached hydrogens (primary N) is 1. The highest BCUT2D eigenvalue weighted by atomic mass is 35.5. The molecule has 1 saturated heterocycles. The van der Waals surface area contributed by atoms with Crippen LogP contribution in [0.2, 0.25) is 10.0 Å². The molecule has 1 aromatic carbocycles. The zero-order valence-electron chi connectivity index (χ0n) is 11.8. The van der Waals surface area contributed by atoms with Gasteiger partial charge in [0, 0.05) is 55.9 Å². The van der Waals surface area contributed by atoms with E-state index < -0.39 is 0 Å². The van der Waals surface area contributed by atoms with Crippen LogP contribution in [0.5, 0.6) is 0 Å². The highest BCUT2D eigenvalue weighted by Crippen LogP contribution is 2.18. The quantitative estimate of drug-likeness (QED) is 0.809. The van der Waals surface area contributed by atoms with Crippen molar-refractivity contribution in [1.82, 2.24) is 15.1 Å². The molecular weight excluding hydrogens is 311 g/mol. The molecule has 0 bridgehead atoms. The molecule has 0 aliphatic carbocycles. The molecule has 0 unspecified atom stereocenters. The van der Waals surface area contributed by atoms with E-state index in [9.17, 15) is 4.79 Å². The van der Waals surface area contributed by atoms with Crippen molar-refractivity contribution < 1.29 is 4.79 Å². The summed E-state index contributed by atoms with van der Waals surface area (Å²) in [6.07, 6.45) is 0. The number of primary amides is 1. The molecule has 1 aromatic rings. The minimum atomic E-state index is -0.328. The first kappa shape index (κ1) is 16.4. The fraction of sp³-hybridized carbons (Fsp3) is 0.500. The van der Waals surface area contributed by atoms with E-state index in [4.69, 9.17) is 28.9 Å². The van der Waals surface area contributed by atoms with Gasteiger partial charge < -0.3 is 16.0 Å². The fourth-order valence-electron chi connectivity index (χ4n) is 2.37. The van der Waals surface area contributed by atoms with Gasteiger partial charge in [0.15, 0.2) is 0 Å². The Kier molecular flexibility index (Phi) is 6.11. The number of carbonyl (C=O) groups excluding carboxylic acids is 1. The van der Waals surface area contributed by atoms with Gasteiger partial charge in [-0.2, -0.15) is 0 Å². The fourth-order valence-corrected chi connectivity index (χ4v) is 2.95. The molecular formula is C14H20Cl2N4O. The molecule has 2 amide bonds. The Labute approximate surface area is 135 Å². The third-order valence-corrected chi connectivity index (χ3v) is 3.98. The van der Waals surface area contributed by atoms with Gasteiger partial charge >= 0.3 is 6.03 Å². The summed E-state index contributed by atoms with van der Waals surface area (Å²) in [5.41, 5.74) is 6.33. The van der Waals surface area contributed by atoms with E-state index >= 15 is 0 Å². The van der Waals surface area contributed by atoms with Crippen LogP contribution in [-0.4, -0.2) is 55.1 Å². The molecule has 0 radical (unpaired) electrons. The van der Waals surface area contributed by atoms with Crippen molar-refractivity contribution in [2.45, 2.75) is 6.54 Å². The lowest BCUT2D eigenvalue weighted by Gasteiger charge is -2.33. The van der Waals surface area contributed by atoms with Crippen LogP contribution in [0.3, 0.4) is 0 Å². The van der Waals surface area contributed by atoms with E-state index in [2.05, 4.69) is 10.2 Å². The summed E-state index contributed by atoms with van der Waals surface area (Å²) >= 11 is 11.9. The second-order valence-electron chi connectivity index (χ2n) is 5.12. The molecule has 2 rings (SSSR count). The molecule has 0 atom stereocenters. The lowest BCUT2D eigenvalue weighted by atomic mass is 10.2. The Bertz CT molecular complexity index is 470. The van der Waals surface area contributed by atoms with Crippen molar-refractivity contribution in [1.29, 1.82) is 0 Å². The third kappa shape index (κ3) is 5.36. The first-order chi connectivity index (χ1) is 10.0. The number of benzene rings is 1. The number of urea groups is 1. The molecule has 21 heavy (non-hydrogen) atoms. The molecule has 0 aromatic heterocycles. The maximum atomic E-state index is 11.0. The monoisotopic (exact) mass is 330 g/mol. The number of hydrogen-bond acceptors (Lipinski definition) is 3. The van der Waals surface area contributed by atoms with Gasteiger partial charge in [-0.3, -0.25) is 4.90 Å². The summed E-state index contributed by atoms with van der Waals surface area (Å²) < 4.78 is 0. The Balaban J connectivity index is 1.65. The number of carbonyl (C=O) groups is 1. The zero-order chi connectivity index (χ0) is 15.2. The lowest BCUT2D eigenvalue weighted by molar-refractivity contribution is 0.145. The van der Waals surface area contributed by atoms with Gasteiger partial charge in [0.2, 0.25) is 0 Å². The van der Waals surface area contributed by atoms with Crippen LogP contribution < -0.4 is 11.1 Å². The topological polar surface area (TPSA) is 61.6 Å². The van der Waals surface area contributed by atoms with Gasteiger partial charge in [-0.25, -0.2) is 4.79 Å². The molecule has 0 saturated carbocycles. The molecule has 7 heteroatoms. The number of nitrogens with zero attached hydrogens (tertiary/aromatic N) is 2. The normalized spacial score (nSPS) is 16.2. The number of nitrogens with one attached hydrogen (secondary N) is 1. The van der Waals surface area contributed by atoms with Crippen LogP contribution in [-0.2, 0) is 6.54 Å². The average molecular weight is 331 g/mol. The minimum absolute atomic E-state index is 0.328. The molecule has 1 aliphatic heterocycles. The van der Waals surface area contributed by atoms with Crippen LogP contribution in [0.4, 0.5) is 4.79 Å². The summed E-state index contributed by atoms with van der Waals surface area (Å²) in [6, 6.07) is 5.22. The van der Waals surface area contributed by atoms with E-state index in [1.54, 1.807) is 11.0 Å². The first-order valence-corrected chi connectivity index (χ1v) is 7.72. The van der Waals surface area contributed by atoms with Crippen molar-refractivity contribution in [3.63, 3.8) is 0 Å². The smallest absolute Gasteiger partial charge is 0.314 e. The SMILES string of the molecule is NC(=O)N1CCN(CCNCc2cc(Cl)cc(Cl)c2)CC1. The third-order valence-electron chi connectivity index (χ3n) is 3.54. The predicted molar refractivity (Wildman–Crippen MR) is 85.8 cm³/mol. The molecule has 3 N–H and O–H groups in total. The van der Waals surface area contributed by atoms with Crippen molar-refractivity contribution in [3.8, 4) is 0 Å². The van der Waals surface area contributed by atoms with Crippen molar-refractivity contribution in [2.24, 2.45) is 5.73 Å². The molecule has 0 spiro atoms. The van der Waals surface area contributed by atoms with Gasteiger partial charge in [0.25, 0.3) is 0 Å². The summed E-state index contributed by atoms with van der Waals surface area (Å²) in [4.78, 5) is 15.0. The lowest BCUT2D eigenvalue weighted by Crippen LogP contribution is -2.51. The standard InChI is InChI=1S/C14H20Cl2N4O/c15-12-7-11(8-13(16)9-12)10-18-1-2-19-3-5-20(6-4-19)14(17)21/h7-9,18H,1-6,10H2,(H2,17,21). The predicted octanol–water partition coefficient (Wildman–Crippen LogP) is 1.78. The van der Waals surface area contributed by atoms with Crippen molar-refractivity contribution in [3.05, 3.63) is 33.8 Å². The highest BCUT2D eigenvalue weighted by molar-refractivity contribution is 6.34. The van der Waals surface area contributed by atoms with E-state index in [0.29, 0.717) is 23.1 Å². The minimum Gasteiger partial charge on any atom is -0.351 e. The Morgan fingerprint density at radius 2 is 1.76 bits per heavy atom. The van der Waals surface area contributed by atoms with E-state index in [1.165, 1.54) is 0 Å². The molecule has 1 fully saturated rings. The number of piperazine rings is 1. The zero-order valence-corrected chi connectivity index (χ0v) is 13.3.